The lowest BCUT2D eigenvalue weighted by Gasteiger charge is -2.38. The number of ether oxygens (including phenoxy) is 1. The van der Waals surface area contributed by atoms with Gasteiger partial charge in [-0.3, -0.25) is 9.59 Å². The van der Waals surface area contributed by atoms with Crippen molar-refractivity contribution in [2.24, 2.45) is 0 Å². The fraction of sp³-hybridized carbons (Fsp3) is 0.500. The largest absolute Gasteiger partial charge is 0.460 e. The molecular formula is C12H15NO3. The summed E-state index contributed by atoms with van der Waals surface area (Å²) in [7, 11) is 0. The molecule has 0 aliphatic carbocycles. The molecule has 86 valence electrons. The first-order valence-corrected chi connectivity index (χ1v) is 5.36. The maximum atomic E-state index is 11.8. The standard InChI is InChI=1S/C12H15NO3/c1-12(2,16-8-14)10-7-6-9-4-3-5-11(15)13(9)10/h3,5-6,8,10H,4,7H2,1-2H3. The zero-order valence-electron chi connectivity index (χ0n) is 9.47. The highest BCUT2D eigenvalue weighted by molar-refractivity contribution is 5.91. The molecule has 4 nitrogen and oxygen atoms in total. The zero-order chi connectivity index (χ0) is 11.8. The van der Waals surface area contributed by atoms with Gasteiger partial charge in [-0.25, -0.2) is 0 Å². The topological polar surface area (TPSA) is 46.6 Å². The van der Waals surface area contributed by atoms with Crippen LogP contribution in [0.3, 0.4) is 0 Å². The van der Waals surface area contributed by atoms with E-state index in [2.05, 4.69) is 0 Å². The van der Waals surface area contributed by atoms with E-state index in [-0.39, 0.29) is 11.9 Å². The Morgan fingerprint density at radius 2 is 2.31 bits per heavy atom. The maximum Gasteiger partial charge on any atom is 0.293 e. The quantitative estimate of drug-likeness (QED) is 0.676. The molecule has 0 aromatic carbocycles. The van der Waals surface area contributed by atoms with E-state index in [0.29, 0.717) is 6.47 Å². The summed E-state index contributed by atoms with van der Waals surface area (Å²) in [6.45, 7) is 4.10. The fourth-order valence-corrected chi connectivity index (χ4v) is 2.29. The summed E-state index contributed by atoms with van der Waals surface area (Å²) < 4.78 is 5.08. The lowest BCUT2D eigenvalue weighted by atomic mass is 9.95. The van der Waals surface area contributed by atoms with Gasteiger partial charge in [0.05, 0.1) is 6.04 Å². The van der Waals surface area contributed by atoms with Crippen molar-refractivity contribution in [3.63, 3.8) is 0 Å². The minimum Gasteiger partial charge on any atom is -0.460 e. The molecule has 0 N–H and O–H groups in total. The highest BCUT2D eigenvalue weighted by Gasteiger charge is 2.42. The Morgan fingerprint density at radius 1 is 1.56 bits per heavy atom. The van der Waals surface area contributed by atoms with Crippen LogP contribution in [0.25, 0.3) is 0 Å². The number of hydrogen-bond acceptors (Lipinski definition) is 3. The van der Waals surface area contributed by atoms with Crippen molar-refractivity contribution in [1.29, 1.82) is 0 Å². The molecule has 0 fully saturated rings. The molecule has 0 aromatic heterocycles. The summed E-state index contributed by atoms with van der Waals surface area (Å²) in [5, 5.41) is 0. The van der Waals surface area contributed by atoms with E-state index < -0.39 is 5.60 Å². The third-order valence-corrected chi connectivity index (χ3v) is 3.18. The van der Waals surface area contributed by atoms with Gasteiger partial charge in [0.1, 0.15) is 5.60 Å². The van der Waals surface area contributed by atoms with Gasteiger partial charge in [0.15, 0.2) is 0 Å². The summed E-state index contributed by atoms with van der Waals surface area (Å²) in [6, 6.07) is -0.0925. The van der Waals surface area contributed by atoms with Gasteiger partial charge in [0, 0.05) is 12.1 Å². The molecule has 2 aliphatic heterocycles. The lowest BCUT2D eigenvalue weighted by Crippen LogP contribution is -2.50. The minimum atomic E-state index is -0.652. The van der Waals surface area contributed by atoms with E-state index in [4.69, 9.17) is 4.74 Å². The second kappa shape index (κ2) is 3.77. The molecule has 0 aromatic rings. The number of carbonyl (C=O) groups is 2. The second-order valence-corrected chi connectivity index (χ2v) is 4.58. The molecule has 2 heterocycles. The number of amides is 1. The van der Waals surface area contributed by atoms with Crippen molar-refractivity contribution in [1.82, 2.24) is 4.90 Å². The van der Waals surface area contributed by atoms with Crippen LogP contribution in [0.2, 0.25) is 0 Å². The summed E-state index contributed by atoms with van der Waals surface area (Å²) >= 11 is 0. The third-order valence-electron chi connectivity index (χ3n) is 3.18. The molecule has 1 atom stereocenters. The first kappa shape index (κ1) is 10.9. The number of rotatable bonds is 3. The van der Waals surface area contributed by atoms with Gasteiger partial charge in [0.2, 0.25) is 0 Å². The summed E-state index contributed by atoms with van der Waals surface area (Å²) in [4.78, 5) is 24.0. The van der Waals surface area contributed by atoms with Crippen LogP contribution >= 0.6 is 0 Å². The van der Waals surface area contributed by atoms with Gasteiger partial charge in [-0.05, 0) is 26.3 Å². The van der Waals surface area contributed by atoms with E-state index in [1.54, 1.807) is 11.0 Å². The van der Waals surface area contributed by atoms with E-state index in [1.165, 1.54) is 0 Å². The van der Waals surface area contributed by atoms with Crippen molar-refractivity contribution in [3.8, 4) is 0 Å². The van der Waals surface area contributed by atoms with E-state index in [9.17, 15) is 9.59 Å². The number of allylic oxidation sites excluding steroid dienone is 1. The van der Waals surface area contributed by atoms with Gasteiger partial charge in [-0.15, -0.1) is 0 Å². The molecule has 16 heavy (non-hydrogen) atoms. The SMILES string of the molecule is CC(C)(OC=O)C1CC=C2CC=CC(=O)N21. The Balaban J connectivity index is 2.24. The van der Waals surface area contributed by atoms with Gasteiger partial charge in [-0.2, -0.15) is 0 Å². The molecule has 4 heteroatoms. The Morgan fingerprint density at radius 3 is 3.00 bits per heavy atom. The van der Waals surface area contributed by atoms with Gasteiger partial charge >= 0.3 is 0 Å². The first-order chi connectivity index (χ1) is 7.56. The van der Waals surface area contributed by atoms with Crippen molar-refractivity contribution in [2.75, 3.05) is 0 Å². The highest BCUT2D eigenvalue weighted by Crippen LogP contribution is 2.35. The van der Waals surface area contributed by atoms with Crippen molar-refractivity contribution in [3.05, 3.63) is 23.9 Å². The van der Waals surface area contributed by atoms with Crippen LogP contribution in [0.4, 0.5) is 0 Å². The Bertz CT molecular complexity index is 382. The highest BCUT2D eigenvalue weighted by atomic mass is 16.5. The third kappa shape index (κ3) is 1.64. The normalized spacial score (nSPS) is 24.1. The molecule has 0 saturated heterocycles. The number of fused-ring (bicyclic) bond motifs is 1. The number of nitrogens with zero attached hydrogens (tertiary/aromatic N) is 1. The van der Waals surface area contributed by atoms with Crippen LogP contribution in [0, 0.1) is 0 Å². The van der Waals surface area contributed by atoms with Crippen molar-refractivity contribution in [2.45, 2.75) is 38.3 Å². The molecular weight excluding hydrogens is 206 g/mol. The van der Waals surface area contributed by atoms with Crippen molar-refractivity contribution < 1.29 is 14.3 Å². The minimum absolute atomic E-state index is 0.0254. The summed E-state index contributed by atoms with van der Waals surface area (Å²) in [6.07, 6.45) is 7.00. The molecule has 1 amide bonds. The summed E-state index contributed by atoms with van der Waals surface area (Å²) in [5.74, 6) is -0.0254. The molecule has 2 rings (SSSR count). The second-order valence-electron chi connectivity index (χ2n) is 4.58. The fourth-order valence-electron chi connectivity index (χ4n) is 2.29. The average molecular weight is 221 g/mol. The molecule has 0 saturated carbocycles. The smallest absolute Gasteiger partial charge is 0.293 e. The monoisotopic (exact) mass is 221 g/mol. The predicted octanol–water partition coefficient (Wildman–Crippen LogP) is 1.38. The van der Waals surface area contributed by atoms with Crippen LogP contribution in [0.1, 0.15) is 26.7 Å². The Kier molecular flexibility index (Phi) is 2.58. The Hall–Kier alpha value is -1.58. The Labute approximate surface area is 94.6 Å². The van der Waals surface area contributed by atoms with Crippen LogP contribution in [-0.4, -0.2) is 28.9 Å². The molecule has 0 spiro atoms. The van der Waals surface area contributed by atoms with E-state index in [1.807, 2.05) is 26.0 Å². The number of carbonyl (C=O) groups excluding carboxylic acids is 2. The molecule has 1 unspecified atom stereocenters. The summed E-state index contributed by atoms with van der Waals surface area (Å²) in [5.41, 5.74) is 0.362. The molecule has 2 aliphatic rings. The molecule has 0 bridgehead atoms. The van der Waals surface area contributed by atoms with Gasteiger partial charge < -0.3 is 9.64 Å². The van der Waals surface area contributed by atoms with Crippen LogP contribution in [-0.2, 0) is 14.3 Å². The van der Waals surface area contributed by atoms with Crippen LogP contribution < -0.4 is 0 Å². The molecule has 0 radical (unpaired) electrons. The van der Waals surface area contributed by atoms with Gasteiger partial charge in [0.25, 0.3) is 12.4 Å². The maximum absolute atomic E-state index is 11.8. The van der Waals surface area contributed by atoms with Crippen LogP contribution in [0.5, 0.6) is 0 Å². The predicted molar refractivity (Wildman–Crippen MR) is 58.3 cm³/mol. The van der Waals surface area contributed by atoms with E-state index in [0.717, 1.165) is 18.5 Å². The average Bonchev–Trinajstić information content (AvgIpc) is 2.63. The number of hydrogen-bond donors (Lipinski definition) is 0. The first-order valence-electron chi connectivity index (χ1n) is 5.36. The van der Waals surface area contributed by atoms with E-state index >= 15 is 0 Å². The zero-order valence-corrected chi connectivity index (χ0v) is 9.47. The van der Waals surface area contributed by atoms with Gasteiger partial charge in [-0.1, -0.05) is 12.2 Å². The van der Waals surface area contributed by atoms with Crippen molar-refractivity contribution >= 4 is 12.4 Å². The van der Waals surface area contributed by atoms with Crippen LogP contribution in [0.15, 0.2) is 23.9 Å². The lowest BCUT2D eigenvalue weighted by molar-refractivity contribution is -0.150.